The number of ether oxygens (including phenoxy) is 1. The molecule has 0 unspecified atom stereocenters. The molecule has 2 rings (SSSR count). The summed E-state index contributed by atoms with van der Waals surface area (Å²) in [4.78, 5) is 3.95. The van der Waals surface area contributed by atoms with Gasteiger partial charge in [-0.15, -0.1) is 0 Å². The van der Waals surface area contributed by atoms with Crippen LogP contribution >= 0.6 is 0 Å². The summed E-state index contributed by atoms with van der Waals surface area (Å²) in [6, 6.07) is 8.99. The van der Waals surface area contributed by atoms with E-state index in [0.29, 0.717) is 5.69 Å². The number of rotatable bonds is 3. The first kappa shape index (κ1) is 11.4. The zero-order valence-electron chi connectivity index (χ0n) is 8.61. The summed E-state index contributed by atoms with van der Waals surface area (Å²) >= 11 is 0. The van der Waals surface area contributed by atoms with Gasteiger partial charge >= 0.3 is 6.61 Å². The second-order valence-electron chi connectivity index (χ2n) is 3.21. The summed E-state index contributed by atoms with van der Waals surface area (Å²) < 4.78 is 42.0. The first-order valence-corrected chi connectivity index (χ1v) is 4.83. The molecule has 0 spiro atoms. The predicted octanol–water partition coefficient (Wildman–Crippen LogP) is 3.49. The average molecular weight is 239 g/mol. The van der Waals surface area contributed by atoms with Crippen LogP contribution in [0.5, 0.6) is 5.75 Å². The van der Waals surface area contributed by atoms with Gasteiger partial charge in [-0.25, -0.2) is 4.39 Å². The van der Waals surface area contributed by atoms with Crippen molar-refractivity contribution in [3.8, 4) is 17.0 Å². The number of alkyl halides is 2. The molecule has 0 atom stereocenters. The molecule has 0 bridgehead atoms. The highest BCUT2D eigenvalue weighted by Gasteiger charge is 2.14. The molecule has 1 heterocycles. The number of nitrogens with zero attached hydrogens (tertiary/aromatic N) is 1. The largest absolute Gasteiger partial charge is 0.432 e. The van der Waals surface area contributed by atoms with Crippen LogP contribution in [0.3, 0.4) is 0 Å². The van der Waals surface area contributed by atoms with E-state index in [0.717, 1.165) is 6.07 Å². The van der Waals surface area contributed by atoms with Gasteiger partial charge in [0.1, 0.15) is 0 Å². The van der Waals surface area contributed by atoms with Crippen LogP contribution in [0.1, 0.15) is 0 Å². The molecule has 0 aliphatic rings. The van der Waals surface area contributed by atoms with Gasteiger partial charge in [0.25, 0.3) is 0 Å². The molecule has 0 aliphatic heterocycles. The Morgan fingerprint density at radius 1 is 1.06 bits per heavy atom. The molecule has 1 aromatic heterocycles. The van der Waals surface area contributed by atoms with Gasteiger partial charge in [-0.05, 0) is 24.3 Å². The summed E-state index contributed by atoms with van der Waals surface area (Å²) in [5.74, 6) is -1.32. The van der Waals surface area contributed by atoms with E-state index in [4.69, 9.17) is 0 Å². The van der Waals surface area contributed by atoms with Gasteiger partial charge in [0.05, 0.1) is 5.69 Å². The third-order valence-electron chi connectivity index (χ3n) is 2.12. The van der Waals surface area contributed by atoms with Crippen molar-refractivity contribution in [2.45, 2.75) is 6.61 Å². The standard InChI is InChI=1S/C12H8F3NO/c13-11-8(9-5-1-2-7-16-9)4-3-6-10(11)17-12(14)15/h1-7,12H. The van der Waals surface area contributed by atoms with Crippen LogP contribution in [0.2, 0.25) is 0 Å². The van der Waals surface area contributed by atoms with Gasteiger partial charge in [0, 0.05) is 11.8 Å². The molecular weight excluding hydrogens is 231 g/mol. The maximum Gasteiger partial charge on any atom is 0.387 e. The molecule has 2 nitrogen and oxygen atoms in total. The molecule has 0 radical (unpaired) electrons. The number of benzene rings is 1. The Morgan fingerprint density at radius 2 is 1.88 bits per heavy atom. The van der Waals surface area contributed by atoms with Crippen LogP contribution in [0.25, 0.3) is 11.3 Å². The number of aromatic nitrogens is 1. The second kappa shape index (κ2) is 4.86. The minimum Gasteiger partial charge on any atom is -0.432 e. The summed E-state index contributed by atoms with van der Waals surface area (Å²) in [6.45, 7) is -3.05. The molecule has 5 heteroatoms. The van der Waals surface area contributed by atoms with E-state index >= 15 is 0 Å². The van der Waals surface area contributed by atoms with Crippen molar-refractivity contribution >= 4 is 0 Å². The van der Waals surface area contributed by atoms with Crippen molar-refractivity contribution in [2.75, 3.05) is 0 Å². The zero-order valence-corrected chi connectivity index (χ0v) is 8.61. The van der Waals surface area contributed by atoms with E-state index in [1.54, 1.807) is 18.2 Å². The first-order valence-electron chi connectivity index (χ1n) is 4.83. The summed E-state index contributed by atoms with van der Waals surface area (Å²) in [5, 5.41) is 0. The quantitative estimate of drug-likeness (QED) is 0.817. The van der Waals surface area contributed by atoms with E-state index < -0.39 is 18.2 Å². The van der Waals surface area contributed by atoms with Crippen LogP contribution < -0.4 is 4.74 Å². The number of halogens is 3. The van der Waals surface area contributed by atoms with Crippen LogP contribution in [0.4, 0.5) is 13.2 Å². The van der Waals surface area contributed by atoms with E-state index in [1.165, 1.54) is 18.3 Å². The minimum absolute atomic E-state index is 0.128. The lowest BCUT2D eigenvalue weighted by molar-refractivity contribution is -0.0521. The lowest BCUT2D eigenvalue weighted by atomic mass is 10.1. The van der Waals surface area contributed by atoms with E-state index in [-0.39, 0.29) is 5.56 Å². The Labute approximate surface area is 95.7 Å². The van der Waals surface area contributed by atoms with Crippen molar-refractivity contribution in [2.24, 2.45) is 0 Å². The molecule has 0 saturated heterocycles. The Balaban J connectivity index is 2.43. The highest BCUT2D eigenvalue weighted by atomic mass is 19.3. The van der Waals surface area contributed by atoms with E-state index in [1.807, 2.05) is 0 Å². The van der Waals surface area contributed by atoms with Gasteiger partial charge in [-0.1, -0.05) is 12.1 Å². The number of hydrogen-bond acceptors (Lipinski definition) is 2. The van der Waals surface area contributed by atoms with Gasteiger partial charge in [0.2, 0.25) is 0 Å². The fourth-order valence-electron chi connectivity index (χ4n) is 1.42. The van der Waals surface area contributed by atoms with Crippen LogP contribution in [0, 0.1) is 5.82 Å². The molecule has 0 aliphatic carbocycles. The highest BCUT2D eigenvalue weighted by molar-refractivity contribution is 5.62. The van der Waals surface area contributed by atoms with Crippen molar-refractivity contribution in [1.29, 1.82) is 0 Å². The molecule has 0 fully saturated rings. The zero-order chi connectivity index (χ0) is 12.3. The SMILES string of the molecule is Fc1c(OC(F)F)cccc1-c1ccccn1. The van der Waals surface area contributed by atoms with Crippen molar-refractivity contribution in [3.05, 3.63) is 48.4 Å². The van der Waals surface area contributed by atoms with Crippen molar-refractivity contribution < 1.29 is 17.9 Å². The van der Waals surface area contributed by atoms with Crippen LogP contribution in [0.15, 0.2) is 42.6 Å². The molecule has 88 valence electrons. The lowest BCUT2D eigenvalue weighted by Crippen LogP contribution is -2.04. The minimum atomic E-state index is -3.05. The van der Waals surface area contributed by atoms with Crippen LogP contribution in [-0.4, -0.2) is 11.6 Å². The van der Waals surface area contributed by atoms with E-state index in [2.05, 4.69) is 9.72 Å². The third kappa shape index (κ3) is 2.55. The van der Waals surface area contributed by atoms with Crippen LogP contribution in [-0.2, 0) is 0 Å². The molecule has 1 aromatic carbocycles. The molecule has 0 amide bonds. The van der Waals surface area contributed by atoms with Gasteiger partial charge in [-0.2, -0.15) is 8.78 Å². The van der Waals surface area contributed by atoms with Gasteiger partial charge in [-0.3, -0.25) is 4.98 Å². The van der Waals surface area contributed by atoms with Crippen molar-refractivity contribution in [1.82, 2.24) is 4.98 Å². The molecule has 0 N–H and O–H groups in total. The van der Waals surface area contributed by atoms with Crippen molar-refractivity contribution in [3.63, 3.8) is 0 Å². The Hall–Kier alpha value is -2.04. The monoisotopic (exact) mass is 239 g/mol. The Kier molecular flexibility index (Phi) is 3.27. The first-order chi connectivity index (χ1) is 8.18. The van der Waals surface area contributed by atoms with E-state index in [9.17, 15) is 13.2 Å². The summed E-state index contributed by atoms with van der Waals surface area (Å²) in [7, 11) is 0. The van der Waals surface area contributed by atoms with Gasteiger partial charge < -0.3 is 4.74 Å². The topological polar surface area (TPSA) is 22.1 Å². The number of pyridine rings is 1. The second-order valence-corrected chi connectivity index (χ2v) is 3.21. The summed E-state index contributed by atoms with van der Waals surface area (Å²) in [6.07, 6.45) is 1.50. The lowest BCUT2D eigenvalue weighted by Gasteiger charge is -2.08. The summed E-state index contributed by atoms with van der Waals surface area (Å²) in [5.41, 5.74) is 0.494. The smallest absolute Gasteiger partial charge is 0.387 e. The Bertz CT molecular complexity index is 502. The fraction of sp³-hybridized carbons (Fsp3) is 0.0833. The molecular formula is C12H8F3NO. The predicted molar refractivity (Wildman–Crippen MR) is 56.3 cm³/mol. The third-order valence-corrected chi connectivity index (χ3v) is 2.12. The molecule has 17 heavy (non-hydrogen) atoms. The molecule has 0 saturated carbocycles. The maximum absolute atomic E-state index is 13.8. The average Bonchev–Trinajstić information content (AvgIpc) is 2.32. The highest BCUT2D eigenvalue weighted by Crippen LogP contribution is 2.28. The molecule has 2 aromatic rings. The normalized spacial score (nSPS) is 10.6. The van der Waals surface area contributed by atoms with Gasteiger partial charge in [0.15, 0.2) is 11.6 Å². The Morgan fingerprint density at radius 3 is 2.53 bits per heavy atom. The number of hydrogen-bond donors (Lipinski definition) is 0. The fourth-order valence-corrected chi connectivity index (χ4v) is 1.42. The maximum atomic E-state index is 13.8.